The van der Waals surface area contributed by atoms with E-state index in [9.17, 15) is 28.4 Å². The fourth-order valence-corrected chi connectivity index (χ4v) is 2.95. The lowest BCUT2D eigenvalue weighted by Gasteiger charge is -2.26. The largest absolute Gasteiger partial charge is 0.466 e. The number of hydrogen-bond acceptors (Lipinski definition) is 7. The number of carbonyl (C=O) groups is 5. The number of rotatable bonds is 12. The summed E-state index contributed by atoms with van der Waals surface area (Å²) in [7, 11) is 0. The highest BCUT2D eigenvalue weighted by molar-refractivity contribution is 5.95. The number of benzene rings is 1. The van der Waals surface area contributed by atoms with Crippen molar-refractivity contribution in [2.24, 2.45) is 11.7 Å². The van der Waals surface area contributed by atoms with E-state index in [1.807, 2.05) is 0 Å². The van der Waals surface area contributed by atoms with Crippen LogP contribution >= 0.6 is 0 Å². The molecule has 0 saturated heterocycles. The third-order valence-electron chi connectivity index (χ3n) is 4.36. The van der Waals surface area contributed by atoms with Crippen molar-refractivity contribution < 1.29 is 37.8 Å². The van der Waals surface area contributed by atoms with Crippen LogP contribution in [-0.2, 0) is 39.9 Å². The minimum absolute atomic E-state index is 0.0369. The van der Waals surface area contributed by atoms with Gasteiger partial charge in [-0.25, -0.2) is 4.39 Å². The second-order valence-corrected chi connectivity index (χ2v) is 6.80. The Morgan fingerprint density at radius 3 is 2.19 bits per heavy atom. The van der Waals surface area contributed by atoms with Crippen molar-refractivity contribution >= 4 is 29.7 Å². The number of esters is 2. The van der Waals surface area contributed by atoms with E-state index in [0.29, 0.717) is 0 Å². The molecule has 0 aliphatic rings. The summed E-state index contributed by atoms with van der Waals surface area (Å²) in [5, 5.41) is 4.67. The molecule has 0 aliphatic heterocycles. The predicted molar refractivity (Wildman–Crippen MR) is 110 cm³/mol. The zero-order chi connectivity index (χ0) is 24.3. The Bertz CT molecular complexity index is 846. The van der Waals surface area contributed by atoms with E-state index in [1.54, 1.807) is 13.0 Å². The van der Waals surface area contributed by atoms with Crippen molar-refractivity contribution in [2.75, 3.05) is 13.2 Å². The molecule has 1 rings (SSSR count). The van der Waals surface area contributed by atoms with Crippen LogP contribution in [0.15, 0.2) is 24.3 Å². The van der Waals surface area contributed by atoms with Crippen molar-refractivity contribution in [3.63, 3.8) is 0 Å². The zero-order valence-corrected chi connectivity index (χ0v) is 18.2. The molecule has 10 nitrogen and oxygen atoms in total. The Morgan fingerprint density at radius 1 is 1.03 bits per heavy atom. The molecule has 11 heteroatoms. The summed E-state index contributed by atoms with van der Waals surface area (Å²) in [4.78, 5) is 60.9. The van der Waals surface area contributed by atoms with Crippen LogP contribution in [0.4, 0.5) is 4.39 Å². The molecule has 0 fully saturated rings. The van der Waals surface area contributed by atoms with Crippen LogP contribution in [0.25, 0.3) is 0 Å². The monoisotopic (exact) mass is 453 g/mol. The molecule has 0 radical (unpaired) electrons. The second kappa shape index (κ2) is 13.0. The number of primary amides is 1. The van der Waals surface area contributed by atoms with Crippen LogP contribution in [0, 0.1) is 11.7 Å². The van der Waals surface area contributed by atoms with Gasteiger partial charge in [0.1, 0.15) is 17.9 Å². The third kappa shape index (κ3) is 8.32. The first kappa shape index (κ1) is 26.5. The van der Waals surface area contributed by atoms with E-state index in [-0.39, 0.29) is 25.2 Å². The molecule has 176 valence electrons. The van der Waals surface area contributed by atoms with Gasteiger partial charge in [-0.15, -0.1) is 0 Å². The summed E-state index contributed by atoms with van der Waals surface area (Å²) < 4.78 is 23.8. The minimum Gasteiger partial charge on any atom is -0.466 e. The predicted octanol–water partition coefficient (Wildman–Crippen LogP) is -0.0245. The van der Waals surface area contributed by atoms with E-state index < -0.39 is 59.9 Å². The number of amides is 3. The molecule has 4 N–H and O–H groups in total. The molecule has 0 unspecified atom stereocenters. The number of hydrogen-bond donors (Lipinski definition) is 3. The SMILES string of the molecule is CCOC(=O)C[C@@H](C(=O)OCC)[C@H](NC(=O)[C@@H](Cc1ccccc1F)NC(C)=O)C(N)=O. The fraction of sp³-hybridized carbons (Fsp3) is 0.476. The topological polar surface area (TPSA) is 154 Å². The summed E-state index contributed by atoms with van der Waals surface area (Å²) in [6.07, 6.45) is -0.801. The highest BCUT2D eigenvalue weighted by atomic mass is 19.1. The summed E-state index contributed by atoms with van der Waals surface area (Å²) in [6, 6.07) is 2.74. The molecular weight excluding hydrogens is 425 g/mol. The summed E-state index contributed by atoms with van der Waals surface area (Å²) in [6.45, 7) is 4.24. The number of carbonyl (C=O) groups excluding carboxylic acids is 5. The van der Waals surface area contributed by atoms with Crippen LogP contribution in [0.2, 0.25) is 0 Å². The number of nitrogens with one attached hydrogen (secondary N) is 2. The van der Waals surface area contributed by atoms with Crippen LogP contribution in [0.1, 0.15) is 32.8 Å². The summed E-state index contributed by atoms with van der Waals surface area (Å²) in [5.41, 5.74) is 5.53. The molecule has 3 atom stereocenters. The quantitative estimate of drug-likeness (QED) is 0.376. The van der Waals surface area contributed by atoms with Gasteiger partial charge in [-0.3, -0.25) is 24.0 Å². The van der Waals surface area contributed by atoms with E-state index >= 15 is 0 Å². The number of halogens is 1. The lowest BCUT2D eigenvalue weighted by Crippen LogP contribution is -2.57. The van der Waals surface area contributed by atoms with Crippen molar-refractivity contribution in [1.29, 1.82) is 0 Å². The Labute approximate surface area is 185 Å². The normalized spacial score (nSPS) is 13.2. The van der Waals surface area contributed by atoms with Gasteiger partial charge in [0.2, 0.25) is 17.7 Å². The first-order valence-corrected chi connectivity index (χ1v) is 10.0. The van der Waals surface area contributed by atoms with Gasteiger partial charge in [-0.05, 0) is 25.5 Å². The highest BCUT2D eigenvalue weighted by Crippen LogP contribution is 2.15. The maximum Gasteiger partial charge on any atom is 0.312 e. The summed E-state index contributed by atoms with van der Waals surface area (Å²) in [5.74, 6) is -6.36. The van der Waals surface area contributed by atoms with Crippen molar-refractivity contribution in [1.82, 2.24) is 10.6 Å². The Balaban J connectivity index is 3.16. The van der Waals surface area contributed by atoms with Crippen molar-refractivity contribution in [3.8, 4) is 0 Å². The van der Waals surface area contributed by atoms with Gasteiger partial charge in [0.15, 0.2) is 0 Å². The smallest absolute Gasteiger partial charge is 0.312 e. The third-order valence-corrected chi connectivity index (χ3v) is 4.36. The van der Waals surface area contributed by atoms with E-state index in [2.05, 4.69) is 10.6 Å². The van der Waals surface area contributed by atoms with Gasteiger partial charge >= 0.3 is 11.9 Å². The van der Waals surface area contributed by atoms with Crippen molar-refractivity contribution in [2.45, 2.75) is 45.7 Å². The van der Waals surface area contributed by atoms with Crippen LogP contribution in [0.5, 0.6) is 0 Å². The summed E-state index contributed by atoms with van der Waals surface area (Å²) >= 11 is 0. The molecule has 32 heavy (non-hydrogen) atoms. The molecule has 0 aromatic heterocycles. The lowest BCUT2D eigenvalue weighted by molar-refractivity contribution is -0.157. The maximum absolute atomic E-state index is 14.0. The standard InChI is InChI=1S/C21H28FN3O7/c1-4-31-17(27)11-14(21(30)32-5-2)18(19(23)28)25-20(29)16(24-12(3)26)10-13-8-6-7-9-15(13)22/h6-9,14,16,18H,4-5,10-11H2,1-3H3,(H2,23,28)(H,24,26)(H,25,29)/t14-,16-,18+/m1/s1. The number of ether oxygens (including phenoxy) is 2. The average Bonchev–Trinajstić information content (AvgIpc) is 2.71. The minimum atomic E-state index is -1.64. The lowest BCUT2D eigenvalue weighted by atomic mass is 9.94. The molecule has 0 saturated carbocycles. The highest BCUT2D eigenvalue weighted by Gasteiger charge is 2.38. The molecule has 0 aliphatic carbocycles. The first-order chi connectivity index (χ1) is 15.1. The van der Waals surface area contributed by atoms with Gasteiger partial charge in [0.25, 0.3) is 0 Å². The number of nitrogens with two attached hydrogens (primary N) is 1. The van der Waals surface area contributed by atoms with E-state index in [1.165, 1.54) is 25.1 Å². The molecule has 0 heterocycles. The van der Waals surface area contributed by atoms with E-state index in [0.717, 1.165) is 6.92 Å². The van der Waals surface area contributed by atoms with Gasteiger partial charge in [0, 0.05) is 13.3 Å². The van der Waals surface area contributed by atoms with Crippen molar-refractivity contribution in [3.05, 3.63) is 35.6 Å². The van der Waals surface area contributed by atoms with Gasteiger partial charge in [-0.1, -0.05) is 18.2 Å². The Hall–Kier alpha value is -3.50. The molecule has 0 bridgehead atoms. The van der Waals surface area contributed by atoms with E-state index in [4.69, 9.17) is 15.2 Å². The molecule has 1 aromatic rings. The average molecular weight is 453 g/mol. The van der Waals surface area contributed by atoms with Crippen LogP contribution in [-0.4, -0.2) is 55.0 Å². The molecular formula is C21H28FN3O7. The van der Waals surface area contributed by atoms with Crippen LogP contribution < -0.4 is 16.4 Å². The molecule has 0 spiro atoms. The first-order valence-electron chi connectivity index (χ1n) is 10.0. The van der Waals surface area contributed by atoms with Gasteiger partial charge < -0.3 is 25.8 Å². The maximum atomic E-state index is 14.0. The van der Waals surface area contributed by atoms with Gasteiger partial charge in [-0.2, -0.15) is 0 Å². The Kier molecular flexibility index (Phi) is 10.8. The molecule has 3 amide bonds. The van der Waals surface area contributed by atoms with Crippen LogP contribution in [0.3, 0.4) is 0 Å². The fourth-order valence-electron chi connectivity index (χ4n) is 2.95. The van der Waals surface area contributed by atoms with Gasteiger partial charge in [0.05, 0.1) is 25.6 Å². The molecule has 1 aromatic carbocycles. The Morgan fingerprint density at radius 2 is 1.66 bits per heavy atom. The zero-order valence-electron chi connectivity index (χ0n) is 18.2. The second-order valence-electron chi connectivity index (χ2n) is 6.80.